The Morgan fingerprint density at radius 1 is 1.38 bits per heavy atom. The van der Waals surface area contributed by atoms with Gasteiger partial charge in [0, 0.05) is 44.6 Å². The van der Waals surface area contributed by atoms with Crippen molar-refractivity contribution in [2.75, 3.05) is 32.1 Å². The van der Waals surface area contributed by atoms with Crippen molar-refractivity contribution in [3.05, 3.63) is 36.0 Å². The van der Waals surface area contributed by atoms with E-state index in [9.17, 15) is 4.79 Å². The van der Waals surface area contributed by atoms with Gasteiger partial charge in [-0.2, -0.15) is 0 Å². The van der Waals surface area contributed by atoms with Crippen molar-refractivity contribution in [1.82, 2.24) is 24.8 Å². The minimum absolute atomic E-state index is 0.0156. The van der Waals surface area contributed by atoms with Crippen molar-refractivity contribution < 1.29 is 9.53 Å². The van der Waals surface area contributed by atoms with Crippen LogP contribution in [0.3, 0.4) is 0 Å². The van der Waals surface area contributed by atoms with Crippen LogP contribution in [0.5, 0.6) is 0 Å². The van der Waals surface area contributed by atoms with Gasteiger partial charge in [-0.25, -0.2) is 19.9 Å². The summed E-state index contributed by atoms with van der Waals surface area (Å²) in [4.78, 5) is 30.9. The van der Waals surface area contributed by atoms with E-state index in [0.717, 1.165) is 18.7 Å². The second-order valence-corrected chi connectivity index (χ2v) is 5.68. The Morgan fingerprint density at radius 3 is 2.92 bits per heavy atom. The zero-order valence-corrected chi connectivity index (χ0v) is 13.8. The van der Waals surface area contributed by atoms with Crippen LogP contribution in [-0.2, 0) is 9.53 Å². The fraction of sp³-hybridized carbons (Fsp3) is 0.438. The van der Waals surface area contributed by atoms with Crippen molar-refractivity contribution in [1.29, 1.82) is 0 Å². The van der Waals surface area contributed by atoms with Crippen LogP contribution >= 0.6 is 0 Å². The lowest BCUT2D eigenvalue weighted by atomic mass is 10.0. The highest BCUT2D eigenvalue weighted by Crippen LogP contribution is 2.27. The molecule has 1 atom stereocenters. The molecule has 1 amide bonds. The van der Waals surface area contributed by atoms with Crippen molar-refractivity contribution in [2.45, 2.75) is 19.3 Å². The number of nitrogens with zero attached hydrogens (tertiary/aromatic N) is 5. The van der Waals surface area contributed by atoms with Gasteiger partial charge in [-0.05, 0) is 19.4 Å². The lowest BCUT2D eigenvalue weighted by Crippen LogP contribution is -2.31. The van der Waals surface area contributed by atoms with Crippen molar-refractivity contribution >= 4 is 17.7 Å². The molecule has 0 aliphatic carbocycles. The number of likely N-dealkylation sites (tertiary alicyclic amines) is 1. The Labute approximate surface area is 140 Å². The highest BCUT2D eigenvalue weighted by Gasteiger charge is 2.28. The number of amides is 1. The fourth-order valence-corrected chi connectivity index (χ4v) is 2.79. The lowest BCUT2D eigenvalue weighted by Gasteiger charge is -2.16. The van der Waals surface area contributed by atoms with Gasteiger partial charge in [0.2, 0.25) is 11.9 Å². The van der Waals surface area contributed by atoms with E-state index in [4.69, 9.17) is 4.74 Å². The average Bonchev–Trinajstić information content (AvgIpc) is 3.06. The van der Waals surface area contributed by atoms with E-state index < -0.39 is 0 Å². The first-order valence-corrected chi connectivity index (χ1v) is 7.82. The van der Waals surface area contributed by atoms with E-state index in [1.54, 1.807) is 18.5 Å². The molecule has 2 aromatic heterocycles. The number of ether oxygens (including phenoxy) is 1. The highest BCUT2D eigenvalue weighted by molar-refractivity contribution is 5.77. The molecule has 3 rings (SSSR count). The van der Waals surface area contributed by atoms with E-state index in [1.807, 2.05) is 17.9 Å². The lowest BCUT2D eigenvalue weighted by molar-refractivity contribution is -0.134. The van der Waals surface area contributed by atoms with E-state index >= 15 is 0 Å². The van der Waals surface area contributed by atoms with Crippen LogP contribution in [0.1, 0.15) is 23.9 Å². The van der Waals surface area contributed by atoms with Gasteiger partial charge in [0.05, 0.1) is 5.69 Å². The summed E-state index contributed by atoms with van der Waals surface area (Å²) in [5, 5.41) is 3.09. The standard InChI is InChI=1S/C16H20N6O2/c1-11-19-13(12-4-7-22(9-12)15(23)10-24-2)8-14(20-11)21-16-17-5-3-6-18-16/h3,5-6,8,12H,4,7,9-10H2,1-2H3,(H,17,18,19,20,21)/t12-/m1/s1. The minimum atomic E-state index is 0.0156. The summed E-state index contributed by atoms with van der Waals surface area (Å²) in [5.41, 5.74) is 0.925. The Kier molecular flexibility index (Phi) is 4.95. The van der Waals surface area contributed by atoms with Crippen LogP contribution in [0.2, 0.25) is 0 Å². The topological polar surface area (TPSA) is 93.1 Å². The van der Waals surface area contributed by atoms with Crippen molar-refractivity contribution in [2.24, 2.45) is 0 Å². The van der Waals surface area contributed by atoms with Crippen molar-refractivity contribution in [3.8, 4) is 0 Å². The second-order valence-electron chi connectivity index (χ2n) is 5.68. The van der Waals surface area contributed by atoms with E-state index in [0.29, 0.717) is 24.1 Å². The summed E-state index contributed by atoms with van der Waals surface area (Å²) < 4.78 is 4.92. The first-order chi connectivity index (χ1) is 11.7. The Bertz CT molecular complexity index is 709. The molecular formula is C16H20N6O2. The summed E-state index contributed by atoms with van der Waals surface area (Å²) in [5.74, 6) is 2.04. The Hall–Kier alpha value is -2.61. The number of aromatic nitrogens is 4. The molecule has 1 aliphatic rings. The molecule has 1 fully saturated rings. The van der Waals surface area contributed by atoms with Crippen molar-refractivity contribution in [3.63, 3.8) is 0 Å². The molecular weight excluding hydrogens is 308 g/mol. The van der Waals surface area contributed by atoms with Gasteiger partial charge in [0.1, 0.15) is 18.2 Å². The molecule has 1 saturated heterocycles. The molecule has 24 heavy (non-hydrogen) atoms. The molecule has 0 bridgehead atoms. The molecule has 8 nitrogen and oxygen atoms in total. The number of anilines is 2. The van der Waals surface area contributed by atoms with Crippen LogP contribution in [0.15, 0.2) is 24.5 Å². The van der Waals surface area contributed by atoms with Gasteiger partial charge in [-0.3, -0.25) is 4.79 Å². The van der Waals surface area contributed by atoms with Gasteiger partial charge in [-0.15, -0.1) is 0 Å². The molecule has 0 spiro atoms. The Morgan fingerprint density at radius 2 is 2.17 bits per heavy atom. The summed E-state index contributed by atoms with van der Waals surface area (Å²) in [7, 11) is 1.53. The predicted octanol–water partition coefficient (Wildman–Crippen LogP) is 1.28. The highest BCUT2D eigenvalue weighted by atomic mass is 16.5. The normalized spacial score (nSPS) is 17.1. The van der Waals surface area contributed by atoms with Crippen LogP contribution in [0, 0.1) is 6.92 Å². The maximum atomic E-state index is 11.9. The maximum Gasteiger partial charge on any atom is 0.248 e. The molecule has 1 N–H and O–H groups in total. The van der Waals surface area contributed by atoms with Gasteiger partial charge >= 0.3 is 0 Å². The predicted molar refractivity (Wildman–Crippen MR) is 87.9 cm³/mol. The molecule has 3 heterocycles. The smallest absolute Gasteiger partial charge is 0.248 e. The first-order valence-electron chi connectivity index (χ1n) is 7.82. The summed E-state index contributed by atoms with van der Waals surface area (Å²) in [6.45, 7) is 3.34. The van der Waals surface area contributed by atoms with Gasteiger partial charge in [0.25, 0.3) is 0 Å². The van der Waals surface area contributed by atoms with E-state index in [2.05, 4.69) is 25.3 Å². The first kappa shape index (κ1) is 16.3. The molecule has 2 aromatic rings. The molecule has 8 heteroatoms. The Balaban J connectivity index is 1.73. The summed E-state index contributed by atoms with van der Waals surface area (Å²) in [6.07, 6.45) is 4.22. The molecule has 0 saturated carbocycles. The third-order valence-electron chi connectivity index (χ3n) is 3.89. The number of aryl methyl sites for hydroxylation is 1. The molecule has 1 aliphatic heterocycles. The molecule has 126 valence electrons. The van der Waals surface area contributed by atoms with Gasteiger partial charge < -0.3 is 15.0 Å². The van der Waals surface area contributed by atoms with E-state index in [1.165, 1.54) is 7.11 Å². The van der Waals surface area contributed by atoms with Gasteiger partial charge in [0.15, 0.2) is 0 Å². The number of methoxy groups -OCH3 is 1. The number of carbonyl (C=O) groups excluding carboxylic acids is 1. The quantitative estimate of drug-likeness (QED) is 0.883. The van der Waals surface area contributed by atoms with Crippen LogP contribution in [0.4, 0.5) is 11.8 Å². The fourth-order valence-electron chi connectivity index (χ4n) is 2.79. The number of hydrogen-bond donors (Lipinski definition) is 1. The van der Waals surface area contributed by atoms with E-state index in [-0.39, 0.29) is 18.4 Å². The van der Waals surface area contributed by atoms with Crippen LogP contribution in [0.25, 0.3) is 0 Å². The van der Waals surface area contributed by atoms with Crippen LogP contribution < -0.4 is 5.32 Å². The number of hydrogen-bond acceptors (Lipinski definition) is 7. The monoisotopic (exact) mass is 328 g/mol. The molecule has 0 aromatic carbocycles. The summed E-state index contributed by atoms with van der Waals surface area (Å²) >= 11 is 0. The number of nitrogens with one attached hydrogen (secondary N) is 1. The maximum absolute atomic E-state index is 11.9. The third-order valence-corrected chi connectivity index (χ3v) is 3.89. The molecule has 0 unspecified atom stereocenters. The number of rotatable bonds is 5. The average molecular weight is 328 g/mol. The summed E-state index contributed by atoms with van der Waals surface area (Å²) in [6, 6.07) is 3.66. The zero-order chi connectivity index (χ0) is 16.9. The minimum Gasteiger partial charge on any atom is -0.375 e. The van der Waals surface area contributed by atoms with Crippen LogP contribution in [-0.4, -0.2) is 57.5 Å². The SMILES string of the molecule is COCC(=O)N1CC[C@@H](c2cc(Nc3ncccn3)nc(C)n2)C1. The molecule has 0 radical (unpaired) electrons. The van der Waals surface area contributed by atoms with Gasteiger partial charge in [-0.1, -0.05) is 0 Å². The zero-order valence-electron chi connectivity index (χ0n) is 13.8. The largest absolute Gasteiger partial charge is 0.375 e. The number of carbonyl (C=O) groups is 1. The third kappa shape index (κ3) is 3.83. The second kappa shape index (κ2) is 7.31.